The third-order valence-corrected chi connectivity index (χ3v) is 6.28. The molecule has 1 aromatic carbocycles. The molecule has 184 valence electrons. The zero-order chi connectivity index (χ0) is 25.2. The van der Waals surface area contributed by atoms with Crippen molar-refractivity contribution >= 4 is 29.3 Å². The Hall–Kier alpha value is -2.64. The fourth-order valence-electron chi connectivity index (χ4n) is 4.00. The van der Waals surface area contributed by atoms with Gasteiger partial charge in [0, 0.05) is 54.8 Å². The number of hydrogen-bond donors (Lipinski definition) is 1. The van der Waals surface area contributed by atoms with Crippen LogP contribution < -0.4 is 5.32 Å². The molecule has 2 aromatic rings. The van der Waals surface area contributed by atoms with Crippen molar-refractivity contribution in [3.05, 3.63) is 57.4 Å². The van der Waals surface area contributed by atoms with Gasteiger partial charge in [-0.3, -0.25) is 14.7 Å². The zero-order valence-corrected chi connectivity index (χ0v) is 21.9. The van der Waals surface area contributed by atoms with Crippen molar-refractivity contribution in [1.82, 2.24) is 14.8 Å². The van der Waals surface area contributed by atoms with E-state index < -0.39 is 5.60 Å². The van der Waals surface area contributed by atoms with Crippen LogP contribution in [0.5, 0.6) is 0 Å². The molecule has 0 aliphatic carbocycles. The predicted molar refractivity (Wildman–Crippen MR) is 136 cm³/mol. The number of pyridine rings is 1. The van der Waals surface area contributed by atoms with Crippen molar-refractivity contribution in [2.45, 2.75) is 66.7 Å². The third kappa shape index (κ3) is 6.48. The lowest BCUT2D eigenvalue weighted by molar-refractivity contribution is 0.000535. The van der Waals surface area contributed by atoms with Gasteiger partial charge < -0.3 is 15.0 Å². The van der Waals surface area contributed by atoms with Crippen molar-refractivity contribution in [3.8, 4) is 0 Å². The summed E-state index contributed by atoms with van der Waals surface area (Å²) >= 11 is 6.42. The third-order valence-electron chi connectivity index (χ3n) is 6.06. The highest BCUT2D eigenvalue weighted by molar-refractivity contribution is 6.31. The van der Waals surface area contributed by atoms with Crippen LogP contribution in [0.2, 0.25) is 5.02 Å². The molecular weight excluding hydrogens is 452 g/mol. The number of nitrogens with zero attached hydrogens (tertiary/aromatic N) is 3. The maximum atomic E-state index is 12.8. The molecule has 3 rings (SSSR count). The number of halogens is 1. The molecule has 2 heterocycles. The Morgan fingerprint density at radius 2 is 1.88 bits per heavy atom. The minimum Gasteiger partial charge on any atom is -0.444 e. The Kier molecular flexibility index (Phi) is 7.88. The molecule has 0 radical (unpaired) electrons. The van der Waals surface area contributed by atoms with E-state index in [1.807, 2.05) is 60.6 Å². The standard InChI is InChI=1S/C26H35ClN4O3/c1-16-10-20(13-28-19(16)4)24(32)29-23-12-22(27)11-21(18(23)3)15-30-8-9-31(17(2)14-30)25(33)34-26(5,6)7/h10-13,17H,8-9,14-15H2,1-7H3,(H,29,32). The molecular formula is C26H35ClN4O3. The summed E-state index contributed by atoms with van der Waals surface area (Å²) in [6, 6.07) is 5.58. The predicted octanol–water partition coefficient (Wildman–Crippen LogP) is 5.35. The summed E-state index contributed by atoms with van der Waals surface area (Å²) < 4.78 is 5.55. The molecule has 1 unspecified atom stereocenters. The minimum atomic E-state index is -0.514. The number of anilines is 1. The monoisotopic (exact) mass is 486 g/mol. The van der Waals surface area contributed by atoms with E-state index >= 15 is 0 Å². The summed E-state index contributed by atoms with van der Waals surface area (Å²) in [5.41, 5.74) is 4.56. The van der Waals surface area contributed by atoms with E-state index in [4.69, 9.17) is 16.3 Å². The molecule has 34 heavy (non-hydrogen) atoms. The van der Waals surface area contributed by atoms with Crippen molar-refractivity contribution in [2.24, 2.45) is 0 Å². The van der Waals surface area contributed by atoms with Gasteiger partial charge in [-0.05, 0) is 83.4 Å². The molecule has 1 aliphatic heterocycles. The van der Waals surface area contributed by atoms with E-state index in [0.29, 0.717) is 29.4 Å². The molecule has 2 amide bonds. The van der Waals surface area contributed by atoms with Crippen LogP contribution >= 0.6 is 11.6 Å². The van der Waals surface area contributed by atoms with Crippen molar-refractivity contribution in [2.75, 3.05) is 25.0 Å². The van der Waals surface area contributed by atoms with E-state index in [2.05, 4.69) is 15.2 Å². The van der Waals surface area contributed by atoms with Gasteiger partial charge in [0.1, 0.15) is 5.60 Å². The van der Waals surface area contributed by atoms with Gasteiger partial charge in [-0.1, -0.05) is 11.6 Å². The number of carbonyl (C=O) groups is 2. The number of ether oxygens (including phenoxy) is 1. The Bertz CT molecular complexity index is 1080. The first-order chi connectivity index (χ1) is 15.8. The van der Waals surface area contributed by atoms with Gasteiger partial charge in [0.05, 0.1) is 5.56 Å². The fraction of sp³-hybridized carbons (Fsp3) is 0.500. The van der Waals surface area contributed by atoms with Crippen LogP contribution in [0.3, 0.4) is 0 Å². The SMILES string of the molecule is Cc1cc(C(=O)Nc2cc(Cl)cc(CN3CCN(C(=O)OC(C)(C)C)C(C)C3)c2C)cnc1C. The first kappa shape index (κ1) is 26.0. The summed E-state index contributed by atoms with van der Waals surface area (Å²) in [6.45, 7) is 16.2. The number of nitrogens with one attached hydrogen (secondary N) is 1. The van der Waals surface area contributed by atoms with E-state index in [0.717, 1.165) is 35.5 Å². The second-order valence-corrected chi connectivity index (χ2v) is 10.5. The highest BCUT2D eigenvalue weighted by atomic mass is 35.5. The first-order valence-corrected chi connectivity index (χ1v) is 12.0. The average molecular weight is 487 g/mol. The van der Waals surface area contributed by atoms with Gasteiger partial charge in [-0.15, -0.1) is 0 Å². The van der Waals surface area contributed by atoms with Gasteiger partial charge in [-0.2, -0.15) is 0 Å². The van der Waals surface area contributed by atoms with Gasteiger partial charge >= 0.3 is 6.09 Å². The second-order valence-electron chi connectivity index (χ2n) is 10.1. The normalized spacial score (nSPS) is 16.9. The Morgan fingerprint density at radius 3 is 2.50 bits per heavy atom. The summed E-state index contributed by atoms with van der Waals surface area (Å²) in [5, 5.41) is 3.56. The molecule has 7 nitrogen and oxygen atoms in total. The van der Waals surface area contributed by atoms with Gasteiger partial charge in [0.15, 0.2) is 0 Å². The molecule has 1 fully saturated rings. The maximum absolute atomic E-state index is 12.8. The topological polar surface area (TPSA) is 74.8 Å². The van der Waals surface area contributed by atoms with Gasteiger partial charge in [0.25, 0.3) is 5.91 Å². The lowest BCUT2D eigenvalue weighted by Crippen LogP contribution is -2.54. The summed E-state index contributed by atoms with van der Waals surface area (Å²) in [7, 11) is 0. The Morgan fingerprint density at radius 1 is 1.18 bits per heavy atom. The maximum Gasteiger partial charge on any atom is 0.410 e. The second kappa shape index (κ2) is 10.3. The molecule has 1 N–H and O–H groups in total. The Labute approximate surface area is 207 Å². The zero-order valence-electron chi connectivity index (χ0n) is 21.2. The number of aryl methyl sites for hydroxylation is 2. The minimum absolute atomic E-state index is 0.0274. The molecule has 0 saturated carbocycles. The molecule has 0 spiro atoms. The summed E-state index contributed by atoms with van der Waals surface area (Å²) in [4.78, 5) is 33.7. The lowest BCUT2D eigenvalue weighted by Gasteiger charge is -2.40. The molecule has 1 aliphatic rings. The number of hydrogen-bond acceptors (Lipinski definition) is 5. The number of amides is 2. The van der Waals surface area contributed by atoms with Crippen molar-refractivity contribution in [3.63, 3.8) is 0 Å². The van der Waals surface area contributed by atoms with Crippen LogP contribution in [-0.2, 0) is 11.3 Å². The van der Waals surface area contributed by atoms with Crippen molar-refractivity contribution < 1.29 is 14.3 Å². The fourth-order valence-corrected chi connectivity index (χ4v) is 4.24. The van der Waals surface area contributed by atoms with Crippen LogP contribution in [0.15, 0.2) is 24.4 Å². The average Bonchev–Trinajstić information content (AvgIpc) is 2.72. The van der Waals surface area contributed by atoms with Crippen LogP contribution in [0.25, 0.3) is 0 Å². The van der Waals surface area contributed by atoms with Crippen LogP contribution in [-0.4, -0.2) is 58.1 Å². The van der Waals surface area contributed by atoms with Gasteiger partial charge in [0.2, 0.25) is 0 Å². The number of piperazine rings is 1. The molecule has 0 bridgehead atoms. The Balaban J connectivity index is 1.70. The number of benzene rings is 1. The van der Waals surface area contributed by atoms with Crippen LogP contribution in [0, 0.1) is 20.8 Å². The molecule has 1 saturated heterocycles. The van der Waals surface area contributed by atoms with E-state index in [1.165, 1.54) is 0 Å². The summed E-state index contributed by atoms with van der Waals surface area (Å²) in [5.74, 6) is -0.216. The van der Waals surface area contributed by atoms with E-state index in [9.17, 15) is 9.59 Å². The number of carbonyl (C=O) groups excluding carboxylic acids is 2. The lowest BCUT2D eigenvalue weighted by atomic mass is 10.0. The smallest absolute Gasteiger partial charge is 0.410 e. The van der Waals surface area contributed by atoms with Crippen LogP contribution in [0.4, 0.5) is 10.5 Å². The summed E-state index contributed by atoms with van der Waals surface area (Å²) in [6.07, 6.45) is 1.31. The van der Waals surface area contributed by atoms with Crippen molar-refractivity contribution in [1.29, 1.82) is 0 Å². The van der Waals surface area contributed by atoms with E-state index in [1.54, 1.807) is 17.2 Å². The highest BCUT2D eigenvalue weighted by Crippen LogP contribution is 2.27. The highest BCUT2D eigenvalue weighted by Gasteiger charge is 2.31. The number of aromatic nitrogens is 1. The molecule has 1 atom stereocenters. The van der Waals surface area contributed by atoms with Gasteiger partial charge in [-0.25, -0.2) is 4.79 Å². The van der Waals surface area contributed by atoms with Crippen LogP contribution in [0.1, 0.15) is 60.4 Å². The first-order valence-electron chi connectivity index (χ1n) is 11.6. The molecule has 8 heteroatoms. The van der Waals surface area contributed by atoms with E-state index in [-0.39, 0.29) is 18.0 Å². The largest absolute Gasteiger partial charge is 0.444 e. The quantitative estimate of drug-likeness (QED) is 0.630. The molecule has 1 aromatic heterocycles. The number of rotatable bonds is 4.